The third-order valence-corrected chi connectivity index (χ3v) is 7.70. The van der Waals surface area contributed by atoms with Crippen molar-refractivity contribution in [1.29, 1.82) is 0 Å². The minimum absolute atomic E-state index is 0.0417. The summed E-state index contributed by atoms with van der Waals surface area (Å²) in [6.07, 6.45) is 2.01. The van der Waals surface area contributed by atoms with E-state index in [1.807, 2.05) is 0 Å². The van der Waals surface area contributed by atoms with Crippen LogP contribution in [0.4, 0.5) is 0 Å². The third-order valence-electron chi connectivity index (χ3n) is 7.70. The molecule has 2 aliphatic rings. The normalized spacial score (nSPS) is 28.4. The molecule has 0 saturated carbocycles. The first-order valence-corrected chi connectivity index (χ1v) is 13.2. The van der Waals surface area contributed by atoms with Gasteiger partial charge < -0.3 is 35.8 Å². The van der Waals surface area contributed by atoms with Crippen molar-refractivity contribution >= 4 is 23.6 Å². The molecule has 2 aliphatic heterocycles. The number of rotatable bonds is 5. The Labute approximate surface area is 232 Å². The van der Waals surface area contributed by atoms with Gasteiger partial charge in [0.2, 0.25) is 17.7 Å². The second-order valence-corrected chi connectivity index (χ2v) is 10.4. The first-order valence-electron chi connectivity index (χ1n) is 13.2. The molecule has 2 aromatic rings. The molecule has 2 fully saturated rings. The fourth-order valence-electron chi connectivity index (χ4n) is 4.85. The molecule has 1 unspecified atom stereocenters. The van der Waals surface area contributed by atoms with E-state index < -0.39 is 59.8 Å². The van der Waals surface area contributed by atoms with Crippen molar-refractivity contribution in [3.63, 3.8) is 0 Å². The van der Waals surface area contributed by atoms with Crippen molar-refractivity contribution in [2.75, 3.05) is 20.3 Å². The number of nitrogens with one attached hydrogen (secondary N) is 3. The molecule has 4 rings (SSSR count). The van der Waals surface area contributed by atoms with Crippen molar-refractivity contribution in [2.24, 2.45) is 11.8 Å². The van der Waals surface area contributed by atoms with Crippen molar-refractivity contribution < 1.29 is 34.1 Å². The van der Waals surface area contributed by atoms with E-state index in [9.17, 15) is 29.4 Å². The number of para-hydroxylation sites is 1. The lowest BCUT2D eigenvalue weighted by atomic mass is 9.90. The lowest BCUT2D eigenvalue weighted by molar-refractivity contribution is -0.148. The van der Waals surface area contributed by atoms with E-state index in [-0.39, 0.29) is 36.9 Å². The number of pyridine rings is 1. The Morgan fingerprint density at radius 2 is 1.82 bits per heavy atom. The molecule has 3 heterocycles. The lowest BCUT2D eigenvalue weighted by Crippen LogP contribution is -2.65. The molecule has 4 amide bonds. The quantitative estimate of drug-likeness (QED) is 0.333. The lowest BCUT2D eigenvalue weighted by Gasteiger charge is -2.40. The van der Waals surface area contributed by atoms with Gasteiger partial charge in [0.25, 0.3) is 5.91 Å². The molecule has 2 saturated heterocycles. The number of aliphatic hydroxyl groups is 1. The van der Waals surface area contributed by atoms with E-state index in [0.29, 0.717) is 5.56 Å². The first kappa shape index (κ1) is 29.0. The van der Waals surface area contributed by atoms with Crippen LogP contribution in [-0.4, -0.2) is 94.3 Å². The van der Waals surface area contributed by atoms with Gasteiger partial charge in [0, 0.05) is 25.4 Å². The first-order chi connectivity index (χ1) is 19.1. The van der Waals surface area contributed by atoms with E-state index in [0.717, 1.165) is 0 Å². The predicted molar refractivity (Wildman–Crippen MR) is 143 cm³/mol. The summed E-state index contributed by atoms with van der Waals surface area (Å²) in [5, 5.41) is 29.7. The Hall–Kier alpha value is -4.03. The molecule has 12 heteroatoms. The minimum atomic E-state index is -1.33. The highest BCUT2D eigenvalue weighted by Crippen LogP contribution is 2.22. The Morgan fingerprint density at radius 1 is 1.10 bits per heavy atom. The molecular formula is C28H35N5O7. The summed E-state index contributed by atoms with van der Waals surface area (Å²) < 4.78 is 5.27. The highest BCUT2D eigenvalue weighted by molar-refractivity contribution is 6.00. The summed E-state index contributed by atoms with van der Waals surface area (Å²) in [5.41, 5.74) is 0.672. The number of carbonyl (C=O) groups is 4. The number of ether oxygens (including phenoxy) is 1. The number of aromatic hydroxyl groups is 1. The molecular weight excluding hydrogens is 518 g/mol. The van der Waals surface area contributed by atoms with Crippen molar-refractivity contribution in [1.82, 2.24) is 25.8 Å². The van der Waals surface area contributed by atoms with Crippen LogP contribution >= 0.6 is 0 Å². The molecule has 0 spiro atoms. The van der Waals surface area contributed by atoms with Crippen LogP contribution < -0.4 is 16.0 Å². The molecule has 5 N–H and O–H groups in total. The van der Waals surface area contributed by atoms with Crippen molar-refractivity contribution in [3.05, 3.63) is 59.9 Å². The molecule has 0 bridgehead atoms. The average Bonchev–Trinajstić information content (AvgIpc) is 2.92. The Balaban J connectivity index is 1.71. The van der Waals surface area contributed by atoms with Crippen LogP contribution in [0.3, 0.4) is 0 Å². The van der Waals surface area contributed by atoms with E-state index in [4.69, 9.17) is 4.74 Å². The number of carbonyl (C=O) groups excluding carboxylic acids is 4. The maximum Gasteiger partial charge on any atom is 0.255 e. The van der Waals surface area contributed by atoms with Gasteiger partial charge in [-0.15, -0.1) is 0 Å². The van der Waals surface area contributed by atoms with Crippen LogP contribution in [0.5, 0.6) is 5.75 Å². The minimum Gasteiger partial charge on any atom is -0.507 e. The zero-order valence-corrected chi connectivity index (χ0v) is 22.6. The van der Waals surface area contributed by atoms with Gasteiger partial charge in [0.05, 0.1) is 42.9 Å². The maximum atomic E-state index is 13.8. The monoisotopic (exact) mass is 553 g/mol. The molecule has 0 aliphatic carbocycles. The number of aromatic nitrogens is 1. The number of likely N-dealkylation sites (N-methyl/N-ethyl adjacent to an activating group) is 1. The molecule has 12 nitrogen and oxygen atoms in total. The number of amides is 4. The van der Waals surface area contributed by atoms with E-state index in [2.05, 4.69) is 20.9 Å². The van der Waals surface area contributed by atoms with E-state index >= 15 is 0 Å². The Bertz CT molecular complexity index is 1240. The molecule has 1 aromatic carbocycles. The van der Waals surface area contributed by atoms with E-state index in [1.54, 1.807) is 43.6 Å². The molecule has 1 aromatic heterocycles. The number of hydrogen-bond acceptors (Lipinski definition) is 8. The summed E-state index contributed by atoms with van der Waals surface area (Å²) in [5.74, 6) is -3.92. The van der Waals surface area contributed by atoms with Gasteiger partial charge in [-0.1, -0.05) is 25.1 Å². The van der Waals surface area contributed by atoms with Gasteiger partial charge in [-0.25, -0.2) is 0 Å². The van der Waals surface area contributed by atoms with Gasteiger partial charge in [-0.3, -0.25) is 24.2 Å². The maximum absolute atomic E-state index is 13.8. The van der Waals surface area contributed by atoms with Gasteiger partial charge in [-0.2, -0.15) is 0 Å². The molecule has 40 heavy (non-hydrogen) atoms. The standard InChI is InChI=1S/C28H35N5O7/c1-15-24(35)20(11-17-7-6-10-29-12-17)30-27(38)22(31-26(37)19-8-4-5-9-21(19)34)16(2)33(3)28(39)23(32-25(15)36)18-13-40-14-18/h4-10,12,15-16,18,20,22-24,34-35H,11,13-14H2,1-3H3,(H,30,38)(H,31,37)(H,32,36)/t15-,16-,20+,22+,23?,24+/m1/s1. The Kier molecular flexibility index (Phi) is 9.00. The van der Waals surface area contributed by atoms with Crippen LogP contribution in [0.1, 0.15) is 29.8 Å². The van der Waals surface area contributed by atoms with Crippen LogP contribution in [0.2, 0.25) is 0 Å². The fourth-order valence-corrected chi connectivity index (χ4v) is 4.85. The second-order valence-electron chi connectivity index (χ2n) is 10.4. The number of aliphatic hydroxyl groups excluding tert-OH is 1. The van der Waals surface area contributed by atoms with Crippen LogP contribution in [0, 0.1) is 11.8 Å². The molecule has 6 atom stereocenters. The zero-order chi connectivity index (χ0) is 29.0. The van der Waals surface area contributed by atoms with Gasteiger partial charge in [0.15, 0.2) is 0 Å². The van der Waals surface area contributed by atoms with Crippen molar-refractivity contribution in [3.8, 4) is 5.75 Å². The topological polar surface area (TPSA) is 170 Å². The highest BCUT2D eigenvalue weighted by Gasteiger charge is 2.43. The molecule has 214 valence electrons. The second kappa shape index (κ2) is 12.4. The summed E-state index contributed by atoms with van der Waals surface area (Å²) >= 11 is 0. The van der Waals surface area contributed by atoms with E-state index in [1.165, 1.54) is 31.0 Å². The van der Waals surface area contributed by atoms with Crippen LogP contribution in [0.25, 0.3) is 0 Å². The van der Waals surface area contributed by atoms with Gasteiger partial charge >= 0.3 is 0 Å². The summed E-state index contributed by atoms with van der Waals surface area (Å²) in [6.45, 7) is 3.67. The summed E-state index contributed by atoms with van der Waals surface area (Å²) in [6, 6.07) is 5.38. The van der Waals surface area contributed by atoms with Crippen molar-refractivity contribution in [2.45, 2.75) is 50.5 Å². The SMILES string of the molecule is C[C@@H]1[C@H](NC(=O)c2ccccc2O)C(=O)N[C@@H](Cc2cccnc2)[C@@H](O)[C@@H](C)C(=O)NC(C2COC2)C(=O)N1C. The highest BCUT2D eigenvalue weighted by atomic mass is 16.5. The number of phenols is 1. The smallest absolute Gasteiger partial charge is 0.255 e. The third kappa shape index (κ3) is 6.23. The fraction of sp³-hybridized carbons (Fsp3) is 0.464. The number of benzene rings is 1. The number of hydrogen-bond donors (Lipinski definition) is 5. The predicted octanol–water partition coefficient (Wildman–Crippen LogP) is -0.398. The largest absolute Gasteiger partial charge is 0.507 e. The number of nitrogens with zero attached hydrogens (tertiary/aromatic N) is 2. The zero-order valence-electron chi connectivity index (χ0n) is 22.6. The summed E-state index contributed by atoms with van der Waals surface area (Å²) in [4.78, 5) is 59.2. The van der Waals surface area contributed by atoms with Crippen LogP contribution in [0.15, 0.2) is 48.8 Å². The average molecular weight is 554 g/mol. The van der Waals surface area contributed by atoms with Gasteiger partial charge in [-0.05, 0) is 37.1 Å². The summed E-state index contributed by atoms with van der Waals surface area (Å²) in [7, 11) is 1.50. The van der Waals surface area contributed by atoms with Crippen LogP contribution in [-0.2, 0) is 25.5 Å². The number of phenolic OH excluding ortho intramolecular Hbond substituents is 1. The van der Waals surface area contributed by atoms with Gasteiger partial charge in [0.1, 0.15) is 17.8 Å². The Morgan fingerprint density at radius 3 is 2.45 bits per heavy atom. The molecule has 0 radical (unpaired) electrons.